The number of hydrogen-bond acceptors (Lipinski definition) is 5. The molecule has 4 nitrogen and oxygen atoms in total. The maximum Gasteiger partial charge on any atom is 0.202 e. The average Bonchev–Trinajstić information content (AvgIpc) is 2.63. The summed E-state index contributed by atoms with van der Waals surface area (Å²) >= 11 is 7.25. The Morgan fingerprint density at radius 3 is 3.07 bits per heavy atom. The molecule has 6 heteroatoms. The van der Waals surface area contributed by atoms with Gasteiger partial charge in [0.2, 0.25) is 5.13 Å². The molecule has 0 saturated carbocycles. The Morgan fingerprint density at radius 2 is 2.40 bits per heavy atom. The molecule has 0 radical (unpaired) electrons. The van der Waals surface area contributed by atoms with Crippen LogP contribution < -0.4 is 5.32 Å². The molecule has 0 fully saturated rings. The summed E-state index contributed by atoms with van der Waals surface area (Å²) in [5.41, 5.74) is 0.951. The van der Waals surface area contributed by atoms with Gasteiger partial charge in [-0.1, -0.05) is 17.7 Å². The second-order valence-electron chi connectivity index (χ2n) is 2.95. The largest absolute Gasteiger partial charge is 0.356 e. The molecule has 0 saturated heterocycles. The standard InChI is InChI=1S/C9H9ClN4S/c1-6-13-9(15-14-6)12-5-7-3-2-4-11-8(7)10/h2-4H,5H2,1H3,(H,12,13,14). The Balaban J connectivity index is 2.02. The quantitative estimate of drug-likeness (QED) is 0.838. The number of pyridine rings is 1. The predicted molar refractivity (Wildman–Crippen MR) is 61.2 cm³/mol. The number of nitrogens with zero attached hydrogens (tertiary/aromatic N) is 3. The minimum absolute atomic E-state index is 0.520. The molecule has 0 aliphatic rings. The Hall–Kier alpha value is -1.20. The molecule has 2 aromatic rings. The van der Waals surface area contributed by atoms with Gasteiger partial charge in [0.05, 0.1) is 0 Å². The van der Waals surface area contributed by atoms with Gasteiger partial charge >= 0.3 is 0 Å². The Labute approximate surface area is 96.5 Å². The molecule has 2 heterocycles. The van der Waals surface area contributed by atoms with E-state index in [4.69, 9.17) is 11.6 Å². The van der Waals surface area contributed by atoms with Crippen molar-refractivity contribution in [2.24, 2.45) is 0 Å². The molecule has 0 atom stereocenters. The van der Waals surface area contributed by atoms with Crippen molar-refractivity contribution in [2.75, 3.05) is 5.32 Å². The van der Waals surface area contributed by atoms with Gasteiger partial charge in [0.1, 0.15) is 11.0 Å². The number of aryl methyl sites for hydroxylation is 1. The molecule has 1 N–H and O–H groups in total. The lowest BCUT2D eigenvalue weighted by molar-refractivity contribution is 1.08. The molecular formula is C9H9ClN4S. The number of aromatic nitrogens is 3. The van der Waals surface area contributed by atoms with Gasteiger partial charge in [-0.05, 0) is 13.0 Å². The molecule has 0 aromatic carbocycles. The third kappa shape index (κ3) is 2.64. The molecule has 15 heavy (non-hydrogen) atoms. The fourth-order valence-corrected chi connectivity index (χ4v) is 1.85. The number of halogens is 1. The van der Waals surface area contributed by atoms with E-state index in [9.17, 15) is 0 Å². The minimum atomic E-state index is 0.520. The lowest BCUT2D eigenvalue weighted by Crippen LogP contribution is -2.00. The van der Waals surface area contributed by atoms with Crippen molar-refractivity contribution in [1.29, 1.82) is 0 Å². The molecule has 0 spiro atoms. The van der Waals surface area contributed by atoms with Crippen LogP contribution in [-0.2, 0) is 6.54 Å². The summed E-state index contributed by atoms with van der Waals surface area (Å²) in [5, 5.41) is 4.46. The van der Waals surface area contributed by atoms with Crippen LogP contribution >= 0.6 is 23.1 Å². The van der Waals surface area contributed by atoms with E-state index >= 15 is 0 Å². The van der Waals surface area contributed by atoms with Crippen LogP contribution in [0, 0.1) is 6.92 Å². The highest BCUT2D eigenvalue weighted by atomic mass is 35.5. The van der Waals surface area contributed by atoms with E-state index in [2.05, 4.69) is 19.7 Å². The van der Waals surface area contributed by atoms with Crippen LogP contribution in [0.25, 0.3) is 0 Å². The number of anilines is 1. The topological polar surface area (TPSA) is 50.7 Å². The molecule has 0 aliphatic carbocycles. The second-order valence-corrected chi connectivity index (χ2v) is 4.06. The first-order chi connectivity index (χ1) is 7.25. The molecule has 0 bridgehead atoms. The van der Waals surface area contributed by atoms with E-state index in [-0.39, 0.29) is 0 Å². The zero-order valence-corrected chi connectivity index (χ0v) is 9.64. The van der Waals surface area contributed by atoms with Gasteiger partial charge in [0, 0.05) is 29.8 Å². The molecule has 0 amide bonds. The SMILES string of the molecule is Cc1nsc(NCc2cccnc2Cl)n1. The Bertz CT molecular complexity index is 457. The Kier molecular flexibility index (Phi) is 3.13. The van der Waals surface area contributed by atoms with E-state index in [0.717, 1.165) is 16.5 Å². The number of hydrogen-bond donors (Lipinski definition) is 1. The highest BCUT2D eigenvalue weighted by molar-refractivity contribution is 7.09. The first-order valence-electron chi connectivity index (χ1n) is 4.39. The van der Waals surface area contributed by atoms with Crippen LogP contribution in [0.4, 0.5) is 5.13 Å². The van der Waals surface area contributed by atoms with Crippen molar-refractivity contribution in [1.82, 2.24) is 14.3 Å². The van der Waals surface area contributed by atoms with Crippen LogP contribution in [0.2, 0.25) is 5.15 Å². The summed E-state index contributed by atoms with van der Waals surface area (Å²) in [7, 11) is 0. The summed E-state index contributed by atoms with van der Waals surface area (Å²) in [6.45, 7) is 2.47. The van der Waals surface area contributed by atoms with E-state index in [1.165, 1.54) is 11.5 Å². The minimum Gasteiger partial charge on any atom is -0.356 e. The van der Waals surface area contributed by atoms with Gasteiger partial charge in [-0.15, -0.1) is 0 Å². The van der Waals surface area contributed by atoms with Crippen molar-refractivity contribution in [2.45, 2.75) is 13.5 Å². The van der Waals surface area contributed by atoms with Crippen LogP contribution in [0.3, 0.4) is 0 Å². The number of nitrogens with one attached hydrogen (secondary N) is 1. The molecule has 2 aromatic heterocycles. The van der Waals surface area contributed by atoms with E-state index in [0.29, 0.717) is 11.7 Å². The monoisotopic (exact) mass is 240 g/mol. The van der Waals surface area contributed by atoms with Crippen LogP contribution in [0.15, 0.2) is 18.3 Å². The smallest absolute Gasteiger partial charge is 0.202 e. The van der Waals surface area contributed by atoms with E-state index in [1.54, 1.807) is 6.20 Å². The molecular weight excluding hydrogens is 232 g/mol. The summed E-state index contributed by atoms with van der Waals surface area (Å²) in [5.74, 6) is 0.778. The normalized spacial score (nSPS) is 10.3. The lowest BCUT2D eigenvalue weighted by Gasteiger charge is -2.03. The van der Waals surface area contributed by atoms with Crippen LogP contribution in [-0.4, -0.2) is 14.3 Å². The van der Waals surface area contributed by atoms with Gasteiger partial charge in [-0.2, -0.15) is 4.37 Å². The highest BCUT2D eigenvalue weighted by Crippen LogP contribution is 2.15. The number of rotatable bonds is 3. The van der Waals surface area contributed by atoms with Crippen molar-refractivity contribution < 1.29 is 0 Å². The third-order valence-electron chi connectivity index (χ3n) is 1.79. The van der Waals surface area contributed by atoms with Crippen molar-refractivity contribution in [3.05, 3.63) is 34.9 Å². The van der Waals surface area contributed by atoms with Gasteiger partial charge < -0.3 is 5.32 Å². The summed E-state index contributed by atoms with van der Waals surface area (Å²) in [6.07, 6.45) is 1.67. The van der Waals surface area contributed by atoms with Crippen LogP contribution in [0.1, 0.15) is 11.4 Å². The maximum absolute atomic E-state index is 5.91. The average molecular weight is 241 g/mol. The fraction of sp³-hybridized carbons (Fsp3) is 0.222. The molecule has 0 unspecified atom stereocenters. The zero-order valence-electron chi connectivity index (χ0n) is 8.07. The third-order valence-corrected chi connectivity index (χ3v) is 2.90. The van der Waals surface area contributed by atoms with Crippen molar-refractivity contribution in [3.63, 3.8) is 0 Å². The first-order valence-corrected chi connectivity index (χ1v) is 5.54. The lowest BCUT2D eigenvalue weighted by atomic mass is 10.3. The predicted octanol–water partition coefficient (Wildman–Crippen LogP) is 2.51. The van der Waals surface area contributed by atoms with Gasteiger partial charge in [0.15, 0.2) is 0 Å². The first kappa shape index (κ1) is 10.3. The van der Waals surface area contributed by atoms with Crippen molar-refractivity contribution >= 4 is 28.3 Å². The fourth-order valence-electron chi connectivity index (χ4n) is 1.09. The maximum atomic E-state index is 5.91. The second kappa shape index (κ2) is 4.55. The summed E-state index contributed by atoms with van der Waals surface area (Å²) in [6, 6.07) is 3.78. The molecule has 78 valence electrons. The van der Waals surface area contributed by atoms with Gasteiger partial charge in [0.25, 0.3) is 0 Å². The molecule has 2 rings (SSSR count). The molecule has 0 aliphatic heterocycles. The van der Waals surface area contributed by atoms with Gasteiger partial charge in [-0.3, -0.25) is 0 Å². The Morgan fingerprint density at radius 1 is 1.53 bits per heavy atom. The summed E-state index contributed by atoms with van der Waals surface area (Å²) in [4.78, 5) is 8.18. The van der Waals surface area contributed by atoms with E-state index in [1.807, 2.05) is 19.1 Å². The van der Waals surface area contributed by atoms with Crippen molar-refractivity contribution in [3.8, 4) is 0 Å². The summed E-state index contributed by atoms with van der Waals surface area (Å²) < 4.78 is 4.07. The van der Waals surface area contributed by atoms with Crippen LogP contribution in [0.5, 0.6) is 0 Å². The van der Waals surface area contributed by atoms with Gasteiger partial charge in [-0.25, -0.2) is 9.97 Å². The van der Waals surface area contributed by atoms with E-state index < -0.39 is 0 Å². The zero-order chi connectivity index (χ0) is 10.7. The highest BCUT2D eigenvalue weighted by Gasteiger charge is 2.02.